The molecule has 2 aliphatic rings. The van der Waals surface area contributed by atoms with Gasteiger partial charge in [-0.25, -0.2) is 4.39 Å². The van der Waals surface area contributed by atoms with Gasteiger partial charge in [0.2, 0.25) is 5.76 Å². The van der Waals surface area contributed by atoms with E-state index >= 15 is 0 Å². The lowest BCUT2D eigenvalue weighted by molar-refractivity contribution is 0.0314. The Bertz CT molecular complexity index is 1360. The minimum Gasteiger partial charge on any atom is -0.493 e. The van der Waals surface area contributed by atoms with Gasteiger partial charge in [-0.1, -0.05) is 18.7 Å². The van der Waals surface area contributed by atoms with E-state index in [1.807, 2.05) is 0 Å². The second-order valence-electron chi connectivity index (χ2n) is 8.68. The SMILES string of the molecule is C=CCOc1ccc(C2c3c(oc4ccc(F)cc4c3=O)C(=O)N2CCN2CCOCC2)cc1OC. The molecule has 2 aliphatic heterocycles. The van der Waals surface area contributed by atoms with E-state index in [-0.39, 0.29) is 28.2 Å². The molecule has 3 aromatic rings. The number of rotatable bonds is 8. The molecular weight excluding hydrogens is 467 g/mol. The molecule has 0 radical (unpaired) electrons. The first kappa shape index (κ1) is 24.0. The standard InChI is InChI=1S/C27H27FN2O6/c1-3-12-35-21-6-4-17(15-22(21)33-2)24-23-25(31)19-16-18(28)5-7-20(19)36-26(23)27(32)30(24)9-8-29-10-13-34-14-11-29/h3-7,15-16,24H,1,8-14H2,2H3. The third kappa shape index (κ3) is 4.36. The predicted molar refractivity (Wildman–Crippen MR) is 131 cm³/mol. The van der Waals surface area contributed by atoms with Crippen LogP contribution in [0.25, 0.3) is 11.0 Å². The van der Waals surface area contributed by atoms with Crippen LogP contribution in [0.1, 0.15) is 27.7 Å². The molecule has 9 heteroatoms. The van der Waals surface area contributed by atoms with Crippen molar-refractivity contribution in [3.05, 3.63) is 82.0 Å². The summed E-state index contributed by atoms with van der Waals surface area (Å²) in [5, 5.41) is 0.0967. The van der Waals surface area contributed by atoms with Crippen LogP contribution in [-0.4, -0.2) is 68.8 Å². The number of nitrogens with zero attached hydrogens (tertiary/aromatic N) is 2. The van der Waals surface area contributed by atoms with Crippen molar-refractivity contribution >= 4 is 16.9 Å². The van der Waals surface area contributed by atoms with Gasteiger partial charge in [-0.15, -0.1) is 0 Å². The third-order valence-corrected chi connectivity index (χ3v) is 6.55. The first-order valence-electron chi connectivity index (χ1n) is 11.8. The molecule has 1 atom stereocenters. The molecular formula is C27H27FN2O6. The second kappa shape index (κ2) is 10.1. The van der Waals surface area contributed by atoms with Crippen molar-refractivity contribution in [2.45, 2.75) is 6.04 Å². The molecule has 0 saturated carbocycles. The van der Waals surface area contributed by atoms with Crippen molar-refractivity contribution in [2.75, 3.05) is 53.1 Å². The average Bonchev–Trinajstić information content (AvgIpc) is 3.18. The van der Waals surface area contributed by atoms with Crippen LogP contribution in [-0.2, 0) is 4.74 Å². The summed E-state index contributed by atoms with van der Waals surface area (Å²) >= 11 is 0. The van der Waals surface area contributed by atoms with Gasteiger partial charge >= 0.3 is 0 Å². The number of carbonyl (C=O) groups excluding carboxylic acids is 1. The summed E-state index contributed by atoms with van der Waals surface area (Å²) in [4.78, 5) is 31.1. The zero-order chi connectivity index (χ0) is 25.2. The van der Waals surface area contributed by atoms with Gasteiger partial charge in [0.25, 0.3) is 5.91 Å². The van der Waals surface area contributed by atoms with E-state index in [2.05, 4.69) is 11.5 Å². The minimum atomic E-state index is -0.722. The molecule has 5 rings (SSSR count). The van der Waals surface area contributed by atoms with Crippen molar-refractivity contribution in [2.24, 2.45) is 0 Å². The Morgan fingerprint density at radius 1 is 1.11 bits per heavy atom. The van der Waals surface area contributed by atoms with Gasteiger partial charge in [-0.3, -0.25) is 14.5 Å². The summed E-state index contributed by atoms with van der Waals surface area (Å²) in [7, 11) is 1.52. The Hall–Kier alpha value is -3.69. The fraction of sp³-hybridized carbons (Fsp3) is 0.333. The van der Waals surface area contributed by atoms with Crippen LogP contribution in [0, 0.1) is 5.82 Å². The quantitative estimate of drug-likeness (QED) is 0.444. The van der Waals surface area contributed by atoms with E-state index in [1.54, 1.807) is 29.2 Å². The number of benzene rings is 2. The Balaban J connectivity index is 1.60. The first-order chi connectivity index (χ1) is 17.5. The number of carbonyl (C=O) groups is 1. The number of morpholine rings is 1. The highest BCUT2D eigenvalue weighted by Crippen LogP contribution is 2.41. The summed E-state index contributed by atoms with van der Waals surface area (Å²) in [5.41, 5.74) is 0.605. The Kier molecular flexibility index (Phi) is 6.75. The number of amides is 1. The minimum absolute atomic E-state index is 0.0166. The van der Waals surface area contributed by atoms with E-state index in [4.69, 9.17) is 18.6 Å². The molecule has 36 heavy (non-hydrogen) atoms. The Morgan fingerprint density at radius 2 is 1.92 bits per heavy atom. The molecule has 0 N–H and O–H groups in total. The maximum absolute atomic E-state index is 14.0. The summed E-state index contributed by atoms with van der Waals surface area (Å²) in [6.07, 6.45) is 1.63. The van der Waals surface area contributed by atoms with Gasteiger partial charge in [0.1, 0.15) is 18.0 Å². The molecule has 2 aromatic carbocycles. The maximum Gasteiger partial charge on any atom is 0.290 e. The highest BCUT2D eigenvalue weighted by Gasteiger charge is 2.43. The smallest absolute Gasteiger partial charge is 0.290 e. The van der Waals surface area contributed by atoms with E-state index in [0.29, 0.717) is 50.0 Å². The number of hydrogen-bond donors (Lipinski definition) is 0. The molecule has 1 aromatic heterocycles. The normalized spacial score (nSPS) is 17.9. The molecule has 0 spiro atoms. The first-order valence-corrected chi connectivity index (χ1v) is 11.8. The van der Waals surface area contributed by atoms with Gasteiger partial charge in [-0.2, -0.15) is 0 Å². The lowest BCUT2D eigenvalue weighted by Gasteiger charge is -2.31. The van der Waals surface area contributed by atoms with Crippen LogP contribution >= 0.6 is 0 Å². The number of fused-ring (bicyclic) bond motifs is 2. The van der Waals surface area contributed by atoms with Crippen molar-refractivity contribution in [3.63, 3.8) is 0 Å². The molecule has 1 saturated heterocycles. The highest BCUT2D eigenvalue weighted by molar-refractivity contribution is 5.99. The van der Waals surface area contributed by atoms with Gasteiger partial charge in [0, 0.05) is 26.2 Å². The van der Waals surface area contributed by atoms with Gasteiger partial charge in [0.15, 0.2) is 16.9 Å². The van der Waals surface area contributed by atoms with Gasteiger partial charge < -0.3 is 23.5 Å². The van der Waals surface area contributed by atoms with E-state index in [9.17, 15) is 14.0 Å². The second-order valence-corrected chi connectivity index (χ2v) is 8.68. The van der Waals surface area contributed by atoms with Crippen LogP contribution in [0.3, 0.4) is 0 Å². The largest absolute Gasteiger partial charge is 0.493 e. The average molecular weight is 495 g/mol. The summed E-state index contributed by atoms with van der Waals surface area (Å²) in [5.74, 6) is 0.0255. The number of hydrogen-bond acceptors (Lipinski definition) is 7. The Labute approximate surface area is 207 Å². The zero-order valence-electron chi connectivity index (χ0n) is 20.0. The molecule has 1 unspecified atom stereocenters. The lowest BCUT2D eigenvalue weighted by Crippen LogP contribution is -2.42. The van der Waals surface area contributed by atoms with Crippen molar-refractivity contribution in [1.29, 1.82) is 0 Å². The van der Waals surface area contributed by atoms with Crippen LogP contribution in [0.5, 0.6) is 11.5 Å². The molecule has 0 aliphatic carbocycles. The third-order valence-electron chi connectivity index (χ3n) is 6.55. The monoisotopic (exact) mass is 494 g/mol. The molecule has 3 heterocycles. The van der Waals surface area contributed by atoms with E-state index in [1.165, 1.54) is 19.2 Å². The number of ether oxygens (including phenoxy) is 3. The number of methoxy groups -OCH3 is 1. The maximum atomic E-state index is 14.0. The van der Waals surface area contributed by atoms with E-state index in [0.717, 1.165) is 19.2 Å². The lowest BCUT2D eigenvalue weighted by atomic mass is 9.98. The molecule has 0 bridgehead atoms. The van der Waals surface area contributed by atoms with E-state index < -0.39 is 17.3 Å². The van der Waals surface area contributed by atoms with Crippen LogP contribution < -0.4 is 14.9 Å². The molecule has 1 amide bonds. The van der Waals surface area contributed by atoms with Crippen molar-refractivity contribution < 1.29 is 27.8 Å². The predicted octanol–water partition coefficient (Wildman–Crippen LogP) is 3.38. The van der Waals surface area contributed by atoms with Crippen LogP contribution in [0.15, 0.2) is 58.3 Å². The number of halogens is 1. The fourth-order valence-corrected chi connectivity index (χ4v) is 4.77. The molecule has 8 nitrogen and oxygen atoms in total. The summed E-state index contributed by atoms with van der Waals surface area (Å²) in [6.45, 7) is 7.75. The summed E-state index contributed by atoms with van der Waals surface area (Å²) < 4.78 is 36.5. The summed E-state index contributed by atoms with van der Waals surface area (Å²) in [6, 6.07) is 8.29. The van der Waals surface area contributed by atoms with Crippen molar-refractivity contribution in [3.8, 4) is 11.5 Å². The molecule has 1 fully saturated rings. The topological polar surface area (TPSA) is 81.5 Å². The highest BCUT2D eigenvalue weighted by atomic mass is 19.1. The Morgan fingerprint density at radius 3 is 2.67 bits per heavy atom. The zero-order valence-corrected chi connectivity index (χ0v) is 20.0. The van der Waals surface area contributed by atoms with Gasteiger partial charge in [0.05, 0.1) is 37.3 Å². The van der Waals surface area contributed by atoms with Crippen LogP contribution in [0.4, 0.5) is 4.39 Å². The van der Waals surface area contributed by atoms with Crippen LogP contribution in [0.2, 0.25) is 0 Å². The van der Waals surface area contributed by atoms with Crippen molar-refractivity contribution in [1.82, 2.24) is 9.80 Å². The fourth-order valence-electron chi connectivity index (χ4n) is 4.77. The van der Waals surface area contributed by atoms with Gasteiger partial charge in [-0.05, 0) is 35.9 Å². The molecule has 188 valence electrons.